The summed E-state index contributed by atoms with van der Waals surface area (Å²) in [5, 5.41) is 4.67. The molecule has 0 atom stereocenters. The number of aliphatic imine (C=N–C) groups is 1. The highest BCUT2D eigenvalue weighted by Crippen LogP contribution is 2.34. The Labute approximate surface area is 167 Å². The maximum atomic E-state index is 4.63. The van der Waals surface area contributed by atoms with Gasteiger partial charge >= 0.3 is 0 Å². The summed E-state index contributed by atoms with van der Waals surface area (Å²) in [4.78, 5) is 16.6. The van der Waals surface area contributed by atoms with Crippen molar-refractivity contribution in [3.8, 4) is 0 Å². The van der Waals surface area contributed by atoms with Crippen LogP contribution in [0.25, 0.3) is 0 Å². The minimum atomic E-state index is 0.859. The lowest BCUT2D eigenvalue weighted by Gasteiger charge is -2.36. The van der Waals surface area contributed by atoms with E-state index in [1.807, 2.05) is 7.05 Å². The zero-order valence-corrected chi connectivity index (χ0v) is 17.5. The van der Waals surface area contributed by atoms with E-state index in [-0.39, 0.29) is 0 Å². The van der Waals surface area contributed by atoms with Gasteiger partial charge < -0.3 is 15.1 Å². The van der Waals surface area contributed by atoms with Gasteiger partial charge in [0.2, 0.25) is 5.13 Å². The van der Waals surface area contributed by atoms with E-state index >= 15 is 0 Å². The first-order chi connectivity index (χ1) is 13.3. The summed E-state index contributed by atoms with van der Waals surface area (Å²) >= 11 is 1.53. The van der Waals surface area contributed by atoms with Crippen LogP contribution in [0.2, 0.25) is 0 Å². The number of nitrogens with zero attached hydrogens (tertiary/aromatic N) is 6. The second kappa shape index (κ2) is 8.73. The number of hydrogen-bond donors (Lipinski definition) is 1. The van der Waals surface area contributed by atoms with Crippen molar-refractivity contribution in [3.05, 3.63) is 5.82 Å². The first kappa shape index (κ1) is 18.9. The summed E-state index contributed by atoms with van der Waals surface area (Å²) in [5.41, 5.74) is 0. The first-order valence-corrected chi connectivity index (χ1v) is 11.3. The number of anilines is 1. The normalized spacial score (nSPS) is 21.2. The highest BCUT2D eigenvalue weighted by Gasteiger charge is 2.33. The van der Waals surface area contributed by atoms with Crippen LogP contribution in [0.1, 0.15) is 38.4 Å². The molecule has 27 heavy (non-hydrogen) atoms. The van der Waals surface area contributed by atoms with E-state index in [1.165, 1.54) is 43.8 Å². The van der Waals surface area contributed by atoms with Crippen LogP contribution in [-0.2, 0) is 6.42 Å². The third kappa shape index (κ3) is 5.10. The van der Waals surface area contributed by atoms with Gasteiger partial charge in [-0.15, -0.1) is 0 Å². The SMILES string of the molecule is CCc1nsc(N2CCN(C(=NC)NCCN(CC3CC3)C3CC3)CC2)n1. The summed E-state index contributed by atoms with van der Waals surface area (Å²) in [5.74, 6) is 2.98. The van der Waals surface area contributed by atoms with Gasteiger partial charge in [-0.3, -0.25) is 9.89 Å². The standard InChI is InChI=1S/C19H33N7S/c1-3-17-22-19(27-23-17)25-12-10-24(11-13-25)18(20-2)21-8-9-26(16-6-7-16)14-15-4-5-15/h15-16H,3-14H2,1-2H3,(H,20,21). The fraction of sp³-hybridized carbons (Fsp3) is 0.842. The Morgan fingerprint density at radius 1 is 1.22 bits per heavy atom. The van der Waals surface area contributed by atoms with Crippen LogP contribution in [0.15, 0.2) is 4.99 Å². The molecule has 8 heteroatoms. The maximum absolute atomic E-state index is 4.63. The fourth-order valence-electron chi connectivity index (χ4n) is 3.76. The Balaban J connectivity index is 1.21. The molecule has 2 saturated carbocycles. The smallest absolute Gasteiger partial charge is 0.205 e. The van der Waals surface area contributed by atoms with E-state index in [0.29, 0.717) is 0 Å². The van der Waals surface area contributed by atoms with E-state index in [1.54, 1.807) is 0 Å². The number of aromatic nitrogens is 2. The van der Waals surface area contributed by atoms with Gasteiger partial charge in [-0.25, -0.2) is 4.98 Å². The molecular formula is C19H33N7S. The van der Waals surface area contributed by atoms with Crippen LogP contribution in [0, 0.1) is 5.92 Å². The van der Waals surface area contributed by atoms with Gasteiger partial charge in [0, 0.05) is 76.9 Å². The largest absolute Gasteiger partial charge is 0.355 e. The maximum Gasteiger partial charge on any atom is 0.205 e. The molecule has 0 unspecified atom stereocenters. The average Bonchev–Trinajstić information content (AvgIpc) is 3.63. The Morgan fingerprint density at radius 3 is 2.59 bits per heavy atom. The molecule has 1 aromatic heterocycles. The molecule has 2 heterocycles. The van der Waals surface area contributed by atoms with Crippen LogP contribution in [0.5, 0.6) is 0 Å². The molecule has 0 radical (unpaired) electrons. The molecule has 3 aliphatic rings. The number of piperazine rings is 1. The number of guanidine groups is 1. The topological polar surface area (TPSA) is 59.9 Å². The third-order valence-corrected chi connectivity index (χ3v) is 6.58. The second-order valence-electron chi connectivity index (χ2n) is 7.96. The van der Waals surface area contributed by atoms with Gasteiger partial charge in [0.25, 0.3) is 0 Å². The van der Waals surface area contributed by atoms with Crippen molar-refractivity contribution in [2.45, 2.75) is 45.1 Å². The van der Waals surface area contributed by atoms with Crippen LogP contribution in [-0.4, -0.2) is 84.0 Å². The van der Waals surface area contributed by atoms with Gasteiger partial charge in [-0.1, -0.05) is 6.92 Å². The highest BCUT2D eigenvalue weighted by molar-refractivity contribution is 7.09. The molecule has 0 spiro atoms. The Kier molecular flexibility index (Phi) is 6.12. The van der Waals surface area contributed by atoms with Gasteiger partial charge in [0.1, 0.15) is 5.82 Å². The molecule has 0 bridgehead atoms. The van der Waals surface area contributed by atoms with Gasteiger partial charge in [0.15, 0.2) is 5.96 Å². The van der Waals surface area contributed by atoms with E-state index in [2.05, 4.69) is 41.3 Å². The number of aryl methyl sites for hydroxylation is 1. The van der Waals surface area contributed by atoms with Gasteiger partial charge in [-0.2, -0.15) is 4.37 Å². The van der Waals surface area contributed by atoms with Crippen molar-refractivity contribution in [2.24, 2.45) is 10.9 Å². The van der Waals surface area contributed by atoms with Crippen LogP contribution in [0.4, 0.5) is 5.13 Å². The van der Waals surface area contributed by atoms with Crippen molar-refractivity contribution >= 4 is 22.6 Å². The predicted octanol–water partition coefficient (Wildman–Crippen LogP) is 1.67. The van der Waals surface area contributed by atoms with Crippen molar-refractivity contribution in [2.75, 3.05) is 57.8 Å². The van der Waals surface area contributed by atoms with E-state index in [4.69, 9.17) is 0 Å². The molecule has 4 rings (SSSR count). The monoisotopic (exact) mass is 391 g/mol. The van der Waals surface area contributed by atoms with Crippen molar-refractivity contribution in [3.63, 3.8) is 0 Å². The van der Waals surface area contributed by atoms with Crippen molar-refractivity contribution < 1.29 is 0 Å². The fourth-order valence-corrected chi connectivity index (χ4v) is 4.57. The Bertz CT molecular complexity index is 630. The van der Waals surface area contributed by atoms with E-state index in [0.717, 1.165) is 74.6 Å². The zero-order chi connectivity index (χ0) is 18.6. The minimum Gasteiger partial charge on any atom is -0.355 e. The molecule has 1 aliphatic heterocycles. The summed E-state index contributed by atoms with van der Waals surface area (Å²) < 4.78 is 4.42. The quantitative estimate of drug-likeness (QED) is 0.537. The van der Waals surface area contributed by atoms with Crippen LogP contribution in [0.3, 0.4) is 0 Å². The number of rotatable bonds is 8. The molecule has 1 N–H and O–H groups in total. The van der Waals surface area contributed by atoms with E-state index < -0.39 is 0 Å². The second-order valence-corrected chi connectivity index (χ2v) is 8.69. The molecule has 0 aromatic carbocycles. The number of hydrogen-bond acceptors (Lipinski definition) is 6. The molecule has 7 nitrogen and oxygen atoms in total. The Morgan fingerprint density at radius 2 is 2.00 bits per heavy atom. The van der Waals surface area contributed by atoms with Crippen molar-refractivity contribution in [1.29, 1.82) is 0 Å². The minimum absolute atomic E-state index is 0.859. The third-order valence-electron chi connectivity index (χ3n) is 5.77. The lowest BCUT2D eigenvalue weighted by Crippen LogP contribution is -2.53. The van der Waals surface area contributed by atoms with Gasteiger partial charge in [-0.05, 0) is 31.6 Å². The molecule has 150 valence electrons. The lowest BCUT2D eigenvalue weighted by atomic mass is 10.3. The Hall–Kier alpha value is -1.41. The highest BCUT2D eigenvalue weighted by atomic mass is 32.1. The summed E-state index contributed by atoms with van der Waals surface area (Å²) in [6, 6.07) is 0.859. The number of nitrogens with one attached hydrogen (secondary N) is 1. The molecule has 1 saturated heterocycles. The van der Waals surface area contributed by atoms with Gasteiger partial charge in [0.05, 0.1) is 0 Å². The summed E-state index contributed by atoms with van der Waals surface area (Å²) in [6.45, 7) is 9.48. The molecule has 3 fully saturated rings. The lowest BCUT2D eigenvalue weighted by molar-refractivity contribution is 0.255. The first-order valence-electron chi connectivity index (χ1n) is 10.5. The average molecular weight is 392 g/mol. The zero-order valence-electron chi connectivity index (χ0n) is 16.7. The van der Waals surface area contributed by atoms with Crippen molar-refractivity contribution in [1.82, 2.24) is 24.5 Å². The molecule has 1 aromatic rings. The molecule has 2 aliphatic carbocycles. The summed E-state index contributed by atoms with van der Waals surface area (Å²) in [6.07, 6.45) is 6.59. The van der Waals surface area contributed by atoms with E-state index in [9.17, 15) is 0 Å². The summed E-state index contributed by atoms with van der Waals surface area (Å²) in [7, 11) is 1.90. The predicted molar refractivity (Wildman–Crippen MR) is 112 cm³/mol. The molecular weight excluding hydrogens is 358 g/mol. The van der Waals surface area contributed by atoms with Crippen LogP contribution >= 0.6 is 11.5 Å². The molecule has 0 amide bonds. The van der Waals surface area contributed by atoms with Crippen LogP contribution < -0.4 is 10.2 Å².